The molecule has 5 nitrogen and oxygen atoms in total. The van der Waals surface area contributed by atoms with Gasteiger partial charge >= 0.3 is 11.9 Å². The quantitative estimate of drug-likeness (QED) is 0.514. The van der Waals surface area contributed by atoms with Crippen molar-refractivity contribution in [2.45, 2.75) is 6.92 Å². The fraction of sp³-hybridized carbons (Fsp3) is 0.111. The van der Waals surface area contributed by atoms with Crippen LogP contribution in [0.1, 0.15) is 17.3 Å². The standard InChI is InChI=1S/C9H8O4.Cl2OS/c1-6(10)13-8-5-3-2-4-7(8)9(11)12;1-4(2)3/h2-5H,1H3,(H,11,12);. The molecule has 0 saturated heterocycles. The van der Waals surface area contributed by atoms with Crippen molar-refractivity contribution in [2.24, 2.45) is 0 Å². The van der Waals surface area contributed by atoms with Gasteiger partial charge in [-0.2, -0.15) is 0 Å². The molecule has 0 aliphatic rings. The zero-order valence-electron chi connectivity index (χ0n) is 8.55. The summed E-state index contributed by atoms with van der Waals surface area (Å²) >= 11 is 0. The van der Waals surface area contributed by atoms with E-state index in [1.807, 2.05) is 0 Å². The zero-order chi connectivity index (χ0) is 13.4. The van der Waals surface area contributed by atoms with Gasteiger partial charge in [0.2, 0.25) is 0 Å². The number of para-hydroxylation sites is 1. The van der Waals surface area contributed by atoms with Gasteiger partial charge in [0.15, 0.2) is 31.0 Å². The van der Waals surface area contributed by atoms with Gasteiger partial charge in [0.05, 0.1) is 0 Å². The molecular weight excluding hydrogens is 291 g/mol. The molecule has 1 rings (SSSR count). The molecule has 0 atom stereocenters. The van der Waals surface area contributed by atoms with Crippen LogP contribution in [0, 0.1) is 0 Å². The fourth-order valence-corrected chi connectivity index (χ4v) is 0.887. The van der Waals surface area contributed by atoms with Crippen molar-refractivity contribution in [3.8, 4) is 5.75 Å². The monoisotopic (exact) mass is 298 g/mol. The van der Waals surface area contributed by atoms with Crippen LogP contribution in [-0.2, 0) is 14.4 Å². The van der Waals surface area contributed by atoms with Crippen LogP contribution in [0.3, 0.4) is 0 Å². The van der Waals surface area contributed by atoms with Crippen LogP contribution >= 0.6 is 21.4 Å². The zero-order valence-corrected chi connectivity index (χ0v) is 10.9. The minimum atomic E-state index is -1.67. The van der Waals surface area contributed by atoms with E-state index in [0.29, 0.717) is 0 Å². The SMILES string of the molecule is CC(=O)Oc1ccccc1C(=O)O.[O-][S+](Cl)Cl. The topological polar surface area (TPSA) is 86.7 Å². The van der Waals surface area contributed by atoms with Crippen molar-refractivity contribution in [1.82, 2.24) is 0 Å². The number of hydrogen-bond acceptors (Lipinski definition) is 4. The number of carboxylic acid groups (broad SMARTS) is 1. The van der Waals surface area contributed by atoms with Crippen LogP contribution in [-0.4, -0.2) is 21.6 Å². The van der Waals surface area contributed by atoms with Gasteiger partial charge in [0.1, 0.15) is 11.3 Å². The number of benzene rings is 1. The number of esters is 1. The number of ether oxygens (including phenoxy) is 1. The lowest BCUT2D eigenvalue weighted by molar-refractivity contribution is -0.131. The van der Waals surface area contributed by atoms with Gasteiger partial charge in [0, 0.05) is 6.92 Å². The molecule has 0 amide bonds. The van der Waals surface area contributed by atoms with Crippen molar-refractivity contribution in [1.29, 1.82) is 0 Å². The summed E-state index contributed by atoms with van der Waals surface area (Å²) in [6.07, 6.45) is 0. The van der Waals surface area contributed by atoms with Crippen LogP contribution in [0.5, 0.6) is 5.75 Å². The number of halogens is 2. The lowest BCUT2D eigenvalue weighted by Crippen LogP contribution is -2.06. The second-order valence-electron chi connectivity index (χ2n) is 2.58. The summed E-state index contributed by atoms with van der Waals surface area (Å²) < 4.78 is 13.8. The Bertz CT molecular complexity index is 394. The molecule has 0 heterocycles. The van der Waals surface area contributed by atoms with Gasteiger partial charge < -0.3 is 14.4 Å². The van der Waals surface area contributed by atoms with Crippen LogP contribution < -0.4 is 4.74 Å². The van der Waals surface area contributed by atoms with Gasteiger partial charge in [0.25, 0.3) is 0 Å². The normalized spacial score (nSPS) is 9.24. The van der Waals surface area contributed by atoms with Gasteiger partial charge in [-0.25, -0.2) is 4.79 Å². The molecule has 0 spiro atoms. The Hall–Kier alpha value is -0.950. The summed E-state index contributed by atoms with van der Waals surface area (Å²) in [5.74, 6) is -1.58. The first-order chi connectivity index (χ1) is 7.84. The highest BCUT2D eigenvalue weighted by Crippen LogP contribution is 2.17. The van der Waals surface area contributed by atoms with Crippen molar-refractivity contribution in [3.05, 3.63) is 29.8 Å². The van der Waals surface area contributed by atoms with Crippen LogP contribution in [0.2, 0.25) is 0 Å². The number of carbonyl (C=O) groups excluding carboxylic acids is 1. The molecule has 0 aliphatic carbocycles. The Balaban J connectivity index is 0.000000557. The third-order valence-electron chi connectivity index (χ3n) is 1.37. The molecule has 0 radical (unpaired) electrons. The van der Waals surface area contributed by atoms with Crippen molar-refractivity contribution in [2.75, 3.05) is 0 Å². The molecule has 1 N–H and O–H groups in total. The second kappa shape index (κ2) is 8.19. The summed E-state index contributed by atoms with van der Waals surface area (Å²) in [6, 6.07) is 5.98. The van der Waals surface area contributed by atoms with Crippen LogP contribution in [0.4, 0.5) is 0 Å². The lowest BCUT2D eigenvalue weighted by Gasteiger charge is -2.03. The van der Waals surface area contributed by atoms with Crippen LogP contribution in [0.15, 0.2) is 24.3 Å². The van der Waals surface area contributed by atoms with E-state index < -0.39 is 21.5 Å². The predicted octanol–water partition coefficient (Wildman–Crippen LogP) is 2.35. The Morgan fingerprint density at radius 1 is 1.35 bits per heavy atom. The van der Waals surface area contributed by atoms with E-state index in [0.717, 1.165) is 0 Å². The largest absolute Gasteiger partial charge is 0.582 e. The van der Waals surface area contributed by atoms with E-state index in [1.165, 1.54) is 19.1 Å². The highest BCUT2D eigenvalue weighted by Gasteiger charge is 2.10. The Labute approximate surface area is 109 Å². The number of rotatable bonds is 2. The van der Waals surface area contributed by atoms with Gasteiger partial charge in [-0.1, -0.05) is 12.1 Å². The number of hydrogen-bond donors (Lipinski definition) is 1. The van der Waals surface area contributed by atoms with E-state index in [4.69, 9.17) is 9.66 Å². The molecule has 0 unspecified atom stereocenters. The molecule has 1 aromatic rings. The van der Waals surface area contributed by atoms with E-state index in [-0.39, 0.29) is 11.3 Å². The molecule has 17 heavy (non-hydrogen) atoms. The van der Waals surface area contributed by atoms with Crippen LogP contribution in [0.25, 0.3) is 0 Å². The Kier molecular flexibility index (Phi) is 7.73. The maximum absolute atomic E-state index is 10.6. The maximum atomic E-state index is 10.6. The molecule has 0 aromatic heterocycles. The van der Waals surface area contributed by atoms with Crippen molar-refractivity contribution < 1.29 is 24.0 Å². The summed E-state index contributed by atoms with van der Waals surface area (Å²) in [4.78, 5) is 21.2. The molecule has 94 valence electrons. The van der Waals surface area contributed by atoms with E-state index in [1.54, 1.807) is 12.1 Å². The molecule has 1 aromatic carbocycles. The van der Waals surface area contributed by atoms with Gasteiger partial charge in [-0.3, -0.25) is 4.79 Å². The minimum Gasteiger partial charge on any atom is -0.582 e. The third kappa shape index (κ3) is 7.87. The number of carboxylic acids is 1. The Morgan fingerprint density at radius 2 is 1.82 bits per heavy atom. The smallest absolute Gasteiger partial charge is 0.339 e. The molecule has 0 bridgehead atoms. The Morgan fingerprint density at radius 3 is 2.24 bits per heavy atom. The maximum Gasteiger partial charge on any atom is 0.339 e. The average molecular weight is 299 g/mol. The highest BCUT2D eigenvalue weighted by molar-refractivity contribution is 8.31. The number of carbonyl (C=O) groups is 2. The van der Waals surface area contributed by atoms with E-state index >= 15 is 0 Å². The average Bonchev–Trinajstić information content (AvgIpc) is 2.16. The molecule has 0 aliphatic heterocycles. The molecule has 8 heteroatoms. The molecule has 0 fully saturated rings. The van der Waals surface area contributed by atoms with E-state index in [2.05, 4.69) is 26.1 Å². The summed E-state index contributed by atoms with van der Waals surface area (Å²) in [5.41, 5.74) is -0.0160. The first-order valence-corrected chi connectivity index (χ1v) is 6.89. The first-order valence-electron chi connectivity index (χ1n) is 4.09. The summed E-state index contributed by atoms with van der Waals surface area (Å²) in [5, 5.41) is 8.69. The number of aromatic carboxylic acids is 1. The van der Waals surface area contributed by atoms with Crippen molar-refractivity contribution >= 4 is 42.9 Å². The van der Waals surface area contributed by atoms with Gasteiger partial charge in [-0.15, -0.1) is 0 Å². The summed E-state index contributed by atoms with van der Waals surface area (Å²) in [6.45, 7) is 1.22. The predicted molar refractivity (Wildman–Crippen MR) is 64.6 cm³/mol. The highest BCUT2D eigenvalue weighted by atomic mass is 36.0. The van der Waals surface area contributed by atoms with Crippen molar-refractivity contribution in [3.63, 3.8) is 0 Å². The fourth-order valence-electron chi connectivity index (χ4n) is 0.887. The second-order valence-corrected chi connectivity index (χ2v) is 5.10. The minimum absolute atomic E-state index is 0.0160. The third-order valence-corrected chi connectivity index (χ3v) is 1.37. The molecular formula is C9H8Cl2O5S. The summed E-state index contributed by atoms with van der Waals surface area (Å²) in [7, 11) is 7.36. The lowest BCUT2D eigenvalue weighted by atomic mass is 10.2. The molecule has 0 saturated carbocycles. The van der Waals surface area contributed by atoms with Gasteiger partial charge in [-0.05, 0) is 12.1 Å². The van der Waals surface area contributed by atoms with E-state index in [9.17, 15) is 9.59 Å². The first kappa shape index (κ1) is 16.1.